The molecule has 0 heterocycles. The average Bonchev–Trinajstić information content (AvgIpc) is 2.43. The first-order chi connectivity index (χ1) is 9.77. The lowest BCUT2D eigenvalue weighted by atomic mass is 10.1. The Balaban J connectivity index is 3.23. The number of hydrogen-bond acceptors (Lipinski definition) is 1. The van der Waals surface area contributed by atoms with Crippen LogP contribution >= 0.6 is 0 Å². The Labute approximate surface area is 124 Å². The molecule has 0 atom stereocenters. The van der Waals surface area contributed by atoms with Crippen molar-refractivity contribution in [3.05, 3.63) is 36.5 Å². The van der Waals surface area contributed by atoms with E-state index >= 15 is 0 Å². The van der Waals surface area contributed by atoms with Crippen molar-refractivity contribution in [2.24, 2.45) is 0 Å². The van der Waals surface area contributed by atoms with Crippen LogP contribution in [0, 0.1) is 0 Å². The van der Waals surface area contributed by atoms with Crippen LogP contribution in [0.25, 0.3) is 0 Å². The Kier molecular flexibility index (Phi) is 14.7. The van der Waals surface area contributed by atoms with Gasteiger partial charge < -0.3 is 0 Å². The molecule has 2 nitrogen and oxygen atoms in total. The number of rotatable bonds is 13. The number of allylic oxidation sites excluding steroid dienone is 6. The highest BCUT2D eigenvalue weighted by Gasteiger charge is 1.97. The molecule has 0 aliphatic rings. The minimum absolute atomic E-state index is 0.208. The fraction of sp³-hybridized carbons (Fsp3) is 0.611. The quantitative estimate of drug-likeness (QED) is 0.322. The molecule has 20 heavy (non-hydrogen) atoms. The molecule has 0 aromatic heterocycles. The van der Waals surface area contributed by atoms with Gasteiger partial charge in [0.05, 0.1) is 6.42 Å². The summed E-state index contributed by atoms with van der Waals surface area (Å²) in [4.78, 5) is 10.2. The molecule has 0 rings (SSSR count). The van der Waals surface area contributed by atoms with E-state index in [2.05, 4.69) is 43.4 Å². The first-order valence-electron chi connectivity index (χ1n) is 7.92. The van der Waals surface area contributed by atoms with Gasteiger partial charge in [0.1, 0.15) is 0 Å². The molecule has 0 unspecified atom stereocenters. The van der Waals surface area contributed by atoms with Crippen molar-refractivity contribution in [1.82, 2.24) is 0 Å². The predicted octanol–water partition coefficient (Wildman–Crippen LogP) is 5.53. The second-order valence-electron chi connectivity index (χ2n) is 4.97. The fourth-order valence-electron chi connectivity index (χ4n) is 1.89. The molecule has 0 spiro atoms. The van der Waals surface area contributed by atoms with Crippen molar-refractivity contribution < 1.29 is 9.90 Å². The number of carbonyl (C=O) groups is 1. The lowest BCUT2D eigenvalue weighted by molar-refractivity contribution is -0.143. The summed E-state index contributed by atoms with van der Waals surface area (Å²) in [7, 11) is 0. The summed E-state index contributed by atoms with van der Waals surface area (Å²) in [5.41, 5.74) is 0. The van der Waals surface area contributed by atoms with Gasteiger partial charge in [0.25, 0.3) is 0 Å². The van der Waals surface area contributed by atoms with Gasteiger partial charge in [-0.15, -0.1) is 0 Å². The second-order valence-corrected chi connectivity index (χ2v) is 4.97. The van der Waals surface area contributed by atoms with Gasteiger partial charge in [-0.05, 0) is 38.5 Å². The van der Waals surface area contributed by atoms with Crippen molar-refractivity contribution in [3.63, 3.8) is 0 Å². The Morgan fingerprint density at radius 3 is 1.95 bits per heavy atom. The SMILES string of the molecule is CCC=CC/C=C\C/C=C\CCCCCCCC([O])=O. The molecule has 0 aromatic rings. The predicted molar refractivity (Wildman–Crippen MR) is 85.0 cm³/mol. The zero-order chi connectivity index (χ0) is 14.9. The van der Waals surface area contributed by atoms with Crippen molar-refractivity contribution in [1.29, 1.82) is 0 Å². The summed E-state index contributed by atoms with van der Waals surface area (Å²) in [5.74, 6) is -0.925. The molecule has 0 fully saturated rings. The van der Waals surface area contributed by atoms with Crippen LogP contribution < -0.4 is 0 Å². The average molecular weight is 277 g/mol. The van der Waals surface area contributed by atoms with Crippen LogP contribution in [0.2, 0.25) is 0 Å². The van der Waals surface area contributed by atoms with E-state index in [1.807, 2.05) is 0 Å². The van der Waals surface area contributed by atoms with Gasteiger partial charge in [0.2, 0.25) is 0 Å². The molecular weight excluding hydrogens is 248 g/mol. The summed E-state index contributed by atoms with van der Waals surface area (Å²) in [6, 6.07) is 0. The van der Waals surface area contributed by atoms with E-state index in [9.17, 15) is 9.90 Å². The molecular formula is C18H29O2. The first-order valence-corrected chi connectivity index (χ1v) is 7.92. The highest BCUT2D eigenvalue weighted by Crippen LogP contribution is 2.07. The van der Waals surface area contributed by atoms with Gasteiger partial charge in [-0.3, -0.25) is 0 Å². The summed E-state index contributed by atoms with van der Waals surface area (Å²) in [6.45, 7) is 2.15. The molecule has 2 heteroatoms. The maximum Gasteiger partial charge on any atom is 0.355 e. The van der Waals surface area contributed by atoms with E-state index in [-0.39, 0.29) is 6.42 Å². The van der Waals surface area contributed by atoms with Crippen molar-refractivity contribution >= 4 is 5.97 Å². The zero-order valence-corrected chi connectivity index (χ0v) is 12.9. The van der Waals surface area contributed by atoms with Crippen LogP contribution in [0.4, 0.5) is 0 Å². The second kappa shape index (κ2) is 15.7. The van der Waals surface area contributed by atoms with E-state index in [1.165, 1.54) is 12.8 Å². The maximum absolute atomic E-state index is 10.2. The summed E-state index contributed by atoms with van der Waals surface area (Å²) >= 11 is 0. The highest BCUT2D eigenvalue weighted by molar-refractivity contribution is 5.66. The highest BCUT2D eigenvalue weighted by atomic mass is 16.4. The number of unbranched alkanes of at least 4 members (excludes halogenated alkanes) is 5. The lowest BCUT2D eigenvalue weighted by Crippen LogP contribution is -1.91. The molecule has 0 saturated carbocycles. The third-order valence-electron chi connectivity index (χ3n) is 3.03. The molecule has 0 aromatic carbocycles. The van der Waals surface area contributed by atoms with Crippen LogP contribution in [0.15, 0.2) is 36.5 Å². The Bertz CT molecular complexity index is 301. The maximum atomic E-state index is 10.2. The smallest absolute Gasteiger partial charge is 0.247 e. The topological polar surface area (TPSA) is 37.0 Å². The van der Waals surface area contributed by atoms with Gasteiger partial charge in [-0.2, -0.15) is 0 Å². The Morgan fingerprint density at radius 2 is 1.30 bits per heavy atom. The monoisotopic (exact) mass is 277 g/mol. The molecule has 0 saturated heterocycles. The van der Waals surface area contributed by atoms with E-state index < -0.39 is 5.97 Å². The van der Waals surface area contributed by atoms with E-state index in [4.69, 9.17) is 0 Å². The van der Waals surface area contributed by atoms with Crippen LogP contribution in [0.1, 0.15) is 71.1 Å². The van der Waals surface area contributed by atoms with Gasteiger partial charge in [-0.25, -0.2) is 9.90 Å². The van der Waals surface area contributed by atoms with Crippen LogP contribution in [0.5, 0.6) is 0 Å². The van der Waals surface area contributed by atoms with Gasteiger partial charge in [-0.1, -0.05) is 62.6 Å². The molecule has 0 aliphatic heterocycles. The van der Waals surface area contributed by atoms with E-state index in [1.54, 1.807) is 0 Å². The molecule has 0 aliphatic carbocycles. The van der Waals surface area contributed by atoms with E-state index in [0.29, 0.717) is 0 Å². The van der Waals surface area contributed by atoms with Gasteiger partial charge in [0, 0.05) is 0 Å². The summed E-state index contributed by atoms with van der Waals surface area (Å²) in [5, 5.41) is 10.2. The largest absolute Gasteiger partial charge is 0.355 e. The van der Waals surface area contributed by atoms with Gasteiger partial charge in [0.15, 0.2) is 0 Å². The summed E-state index contributed by atoms with van der Waals surface area (Å²) < 4.78 is 0. The molecule has 0 bridgehead atoms. The molecule has 0 N–H and O–H groups in total. The fourth-order valence-corrected chi connectivity index (χ4v) is 1.89. The molecule has 113 valence electrons. The van der Waals surface area contributed by atoms with Crippen molar-refractivity contribution in [2.75, 3.05) is 0 Å². The Hall–Kier alpha value is -1.31. The third kappa shape index (κ3) is 16.7. The minimum Gasteiger partial charge on any atom is -0.247 e. The van der Waals surface area contributed by atoms with Crippen LogP contribution in [-0.2, 0) is 9.90 Å². The molecule has 0 amide bonds. The van der Waals surface area contributed by atoms with Crippen molar-refractivity contribution in [2.45, 2.75) is 71.1 Å². The first kappa shape index (κ1) is 18.7. The normalized spacial score (nSPS) is 12.1. The van der Waals surface area contributed by atoms with E-state index in [0.717, 1.165) is 44.9 Å². The summed E-state index contributed by atoms with van der Waals surface area (Å²) in [6.07, 6.45) is 23.0. The number of hydrogen-bond donors (Lipinski definition) is 0. The minimum atomic E-state index is -0.925. The zero-order valence-electron chi connectivity index (χ0n) is 12.9. The molecule has 1 radical (unpaired) electrons. The van der Waals surface area contributed by atoms with Crippen LogP contribution in [0.3, 0.4) is 0 Å². The lowest BCUT2D eigenvalue weighted by Gasteiger charge is -1.97. The third-order valence-corrected chi connectivity index (χ3v) is 3.03. The standard InChI is InChI=1S/C18H29O2/c1-2-3-4-5-6-7-8-9-10-11-12-13-14-15-16-17-18(19)20/h3-4,6-7,9-10H,2,5,8,11-17H2,1H3/b4-3?,7-6-,10-9-. The number of carbonyl (C=O) groups excluding carboxylic acids is 1. The Morgan fingerprint density at radius 1 is 0.750 bits per heavy atom. The van der Waals surface area contributed by atoms with Crippen LogP contribution in [-0.4, -0.2) is 5.97 Å². The van der Waals surface area contributed by atoms with Gasteiger partial charge >= 0.3 is 5.97 Å². The van der Waals surface area contributed by atoms with Crippen molar-refractivity contribution in [3.8, 4) is 0 Å².